The van der Waals surface area contributed by atoms with Crippen LogP contribution in [0.3, 0.4) is 0 Å². The van der Waals surface area contributed by atoms with E-state index < -0.39 is 5.97 Å². The van der Waals surface area contributed by atoms with E-state index in [2.05, 4.69) is 6.92 Å². The maximum absolute atomic E-state index is 10.5. The van der Waals surface area contributed by atoms with Gasteiger partial charge in [0.2, 0.25) is 0 Å². The number of fused-ring (bicyclic) bond motifs is 1. The number of carboxylic acids is 1. The smallest absolute Gasteiger partial charge is 0.306 e. The molecule has 0 aromatic rings. The van der Waals surface area contributed by atoms with Crippen LogP contribution in [0.1, 0.15) is 26.2 Å². The molecule has 2 aliphatic carbocycles. The van der Waals surface area contributed by atoms with E-state index in [0.717, 1.165) is 18.8 Å². The quantitative estimate of drug-likeness (QED) is 0.599. The van der Waals surface area contributed by atoms with Gasteiger partial charge in [-0.1, -0.05) is 6.92 Å². The summed E-state index contributed by atoms with van der Waals surface area (Å²) in [6.45, 7) is 2.21. The zero-order chi connectivity index (χ0) is 7.35. The molecule has 2 saturated carbocycles. The second kappa shape index (κ2) is 1.55. The van der Waals surface area contributed by atoms with Gasteiger partial charge in [-0.05, 0) is 30.6 Å². The monoisotopic (exact) mass is 140 g/mol. The molecule has 0 saturated heterocycles. The molecule has 0 aliphatic heterocycles. The van der Waals surface area contributed by atoms with Gasteiger partial charge in [-0.25, -0.2) is 0 Å². The van der Waals surface area contributed by atoms with Crippen LogP contribution in [-0.2, 0) is 4.79 Å². The molecule has 3 atom stereocenters. The summed E-state index contributed by atoms with van der Waals surface area (Å²) in [6, 6.07) is 0. The Bertz CT molecular complexity index is 188. The Hall–Kier alpha value is -0.530. The summed E-state index contributed by atoms with van der Waals surface area (Å²) in [5, 5.41) is 8.67. The van der Waals surface area contributed by atoms with Crippen molar-refractivity contribution in [1.82, 2.24) is 0 Å². The van der Waals surface area contributed by atoms with Gasteiger partial charge in [0.25, 0.3) is 0 Å². The Kier molecular flexibility index (Phi) is 0.960. The standard InChI is InChI=1S/C8H12O2/c1-8-3-5(7(9)10)2-6(8)4-8/h5-6H,2-4H2,1H3,(H,9,10)/t5-,6?,8?/m1/s1. The molecule has 1 N–H and O–H groups in total. The first-order chi connectivity index (χ1) is 4.62. The van der Waals surface area contributed by atoms with Crippen molar-refractivity contribution in [2.75, 3.05) is 0 Å². The zero-order valence-electron chi connectivity index (χ0n) is 6.13. The molecule has 0 amide bonds. The highest BCUT2D eigenvalue weighted by molar-refractivity contribution is 5.71. The van der Waals surface area contributed by atoms with Crippen LogP contribution in [-0.4, -0.2) is 11.1 Å². The van der Waals surface area contributed by atoms with Gasteiger partial charge in [0.15, 0.2) is 0 Å². The predicted molar refractivity (Wildman–Crippen MR) is 36.6 cm³/mol. The van der Waals surface area contributed by atoms with Gasteiger partial charge in [0.05, 0.1) is 5.92 Å². The van der Waals surface area contributed by atoms with E-state index in [-0.39, 0.29) is 5.92 Å². The summed E-state index contributed by atoms with van der Waals surface area (Å²) in [7, 11) is 0. The third-order valence-corrected chi connectivity index (χ3v) is 3.17. The van der Waals surface area contributed by atoms with Crippen molar-refractivity contribution in [3.8, 4) is 0 Å². The van der Waals surface area contributed by atoms with Crippen molar-refractivity contribution in [3.05, 3.63) is 0 Å². The summed E-state index contributed by atoms with van der Waals surface area (Å²) >= 11 is 0. The highest BCUT2D eigenvalue weighted by atomic mass is 16.4. The zero-order valence-corrected chi connectivity index (χ0v) is 6.13. The number of carbonyl (C=O) groups is 1. The Morgan fingerprint density at radius 3 is 2.60 bits per heavy atom. The molecule has 10 heavy (non-hydrogen) atoms. The molecule has 2 aliphatic rings. The number of hydrogen-bond donors (Lipinski definition) is 1. The van der Waals surface area contributed by atoms with Crippen LogP contribution in [0, 0.1) is 17.3 Å². The number of hydrogen-bond acceptors (Lipinski definition) is 1. The molecular weight excluding hydrogens is 128 g/mol. The van der Waals surface area contributed by atoms with Crippen LogP contribution in [0.15, 0.2) is 0 Å². The Morgan fingerprint density at radius 1 is 1.60 bits per heavy atom. The highest BCUT2D eigenvalue weighted by Crippen LogP contribution is 2.64. The molecule has 0 heterocycles. The van der Waals surface area contributed by atoms with Gasteiger partial charge in [0.1, 0.15) is 0 Å². The van der Waals surface area contributed by atoms with E-state index >= 15 is 0 Å². The van der Waals surface area contributed by atoms with Gasteiger partial charge < -0.3 is 5.11 Å². The van der Waals surface area contributed by atoms with E-state index in [1.165, 1.54) is 6.42 Å². The van der Waals surface area contributed by atoms with Gasteiger partial charge in [-0.3, -0.25) is 4.79 Å². The first-order valence-corrected chi connectivity index (χ1v) is 3.85. The Morgan fingerprint density at radius 2 is 2.30 bits per heavy atom. The molecule has 2 fully saturated rings. The molecule has 0 spiro atoms. The Balaban J connectivity index is 2.04. The van der Waals surface area contributed by atoms with Crippen LogP contribution in [0.25, 0.3) is 0 Å². The molecule has 0 radical (unpaired) electrons. The number of rotatable bonds is 1. The van der Waals surface area contributed by atoms with Crippen LogP contribution in [0.5, 0.6) is 0 Å². The molecule has 0 bridgehead atoms. The topological polar surface area (TPSA) is 37.3 Å². The van der Waals surface area contributed by atoms with Crippen molar-refractivity contribution in [1.29, 1.82) is 0 Å². The van der Waals surface area contributed by atoms with E-state index in [1.54, 1.807) is 0 Å². The SMILES string of the molecule is CC12CC1C[C@@H](C(=O)O)C2. The van der Waals surface area contributed by atoms with Crippen LogP contribution in [0.2, 0.25) is 0 Å². The molecule has 0 aromatic heterocycles. The molecule has 2 heteroatoms. The fraction of sp³-hybridized carbons (Fsp3) is 0.875. The summed E-state index contributed by atoms with van der Waals surface area (Å²) in [4.78, 5) is 10.5. The summed E-state index contributed by atoms with van der Waals surface area (Å²) in [5.74, 6) is 0.130. The largest absolute Gasteiger partial charge is 0.481 e. The second-order valence-corrected chi connectivity index (χ2v) is 4.03. The lowest BCUT2D eigenvalue weighted by Gasteiger charge is -2.06. The van der Waals surface area contributed by atoms with Gasteiger partial charge >= 0.3 is 5.97 Å². The van der Waals surface area contributed by atoms with Crippen LogP contribution < -0.4 is 0 Å². The molecular formula is C8H12O2. The third-order valence-electron chi connectivity index (χ3n) is 3.17. The molecule has 2 nitrogen and oxygen atoms in total. The second-order valence-electron chi connectivity index (χ2n) is 4.03. The van der Waals surface area contributed by atoms with Crippen molar-refractivity contribution in [2.24, 2.45) is 17.3 Å². The minimum atomic E-state index is -0.589. The van der Waals surface area contributed by atoms with Crippen molar-refractivity contribution in [3.63, 3.8) is 0 Å². The minimum absolute atomic E-state index is 0.0243. The average Bonchev–Trinajstić information content (AvgIpc) is 2.32. The van der Waals surface area contributed by atoms with Crippen molar-refractivity contribution >= 4 is 5.97 Å². The van der Waals surface area contributed by atoms with Crippen LogP contribution >= 0.6 is 0 Å². The number of carboxylic acid groups (broad SMARTS) is 1. The summed E-state index contributed by atoms with van der Waals surface area (Å²) < 4.78 is 0. The third kappa shape index (κ3) is 0.678. The molecule has 2 unspecified atom stereocenters. The summed E-state index contributed by atoms with van der Waals surface area (Å²) in [5.41, 5.74) is 0.434. The van der Waals surface area contributed by atoms with Crippen molar-refractivity contribution in [2.45, 2.75) is 26.2 Å². The van der Waals surface area contributed by atoms with Gasteiger partial charge in [0, 0.05) is 0 Å². The molecule has 56 valence electrons. The predicted octanol–water partition coefficient (Wildman–Crippen LogP) is 1.51. The van der Waals surface area contributed by atoms with Gasteiger partial charge in [-0.15, -0.1) is 0 Å². The first kappa shape index (κ1) is 6.20. The Labute approximate surface area is 60.2 Å². The van der Waals surface area contributed by atoms with E-state index in [1.807, 2.05) is 0 Å². The van der Waals surface area contributed by atoms with Crippen LogP contribution in [0.4, 0.5) is 0 Å². The maximum atomic E-state index is 10.5. The first-order valence-electron chi connectivity index (χ1n) is 3.85. The maximum Gasteiger partial charge on any atom is 0.306 e. The highest BCUT2D eigenvalue weighted by Gasteiger charge is 2.57. The van der Waals surface area contributed by atoms with E-state index in [4.69, 9.17) is 5.11 Å². The molecule has 2 rings (SSSR count). The lowest BCUT2D eigenvalue weighted by atomic mass is 9.99. The number of aliphatic carboxylic acids is 1. The minimum Gasteiger partial charge on any atom is -0.481 e. The van der Waals surface area contributed by atoms with Crippen molar-refractivity contribution < 1.29 is 9.90 Å². The summed E-state index contributed by atoms with van der Waals surface area (Å²) in [6.07, 6.45) is 3.13. The normalized spacial score (nSPS) is 50.5. The van der Waals surface area contributed by atoms with E-state index in [0.29, 0.717) is 5.41 Å². The lowest BCUT2D eigenvalue weighted by molar-refractivity contribution is -0.141. The average molecular weight is 140 g/mol. The fourth-order valence-corrected chi connectivity index (χ4v) is 2.30. The lowest BCUT2D eigenvalue weighted by Crippen LogP contribution is -2.12. The fourth-order valence-electron chi connectivity index (χ4n) is 2.30. The van der Waals surface area contributed by atoms with Gasteiger partial charge in [-0.2, -0.15) is 0 Å². The van der Waals surface area contributed by atoms with E-state index in [9.17, 15) is 4.79 Å². The molecule has 0 aromatic carbocycles.